The molecular formula is C14H21FN2O. The molecule has 1 saturated heterocycles. The van der Waals surface area contributed by atoms with Crippen LogP contribution in [-0.2, 0) is 6.54 Å². The Morgan fingerprint density at radius 1 is 1.33 bits per heavy atom. The van der Waals surface area contributed by atoms with Crippen LogP contribution < -0.4 is 10.2 Å². The highest BCUT2D eigenvalue weighted by molar-refractivity contribution is 5.49. The van der Waals surface area contributed by atoms with Gasteiger partial charge in [0.2, 0.25) is 0 Å². The van der Waals surface area contributed by atoms with Crippen molar-refractivity contribution < 1.29 is 9.50 Å². The zero-order valence-electron chi connectivity index (χ0n) is 11.0. The first-order chi connectivity index (χ1) is 8.50. The number of nitrogens with zero attached hydrogens (tertiary/aromatic N) is 1. The summed E-state index contributed by atoms with van der Waals surface area (Å²) in [6.45, 7) is 4.07. The van der Waals surface area contributed by atoms with Crippen molar-refractivity contribution in [2.45, 2.75) is 31.9 Å². The summed E-state index contributed by atoms with van der Waals surface area (Å²) in [4.78, 5) is 2.14. The summed E-state index contributed by atoms with van der Waals surface area (Å²) < 4.78 is 13.6. The van der Waals surface area contributed by atoms with E-state index in [9.17, 15) is 9.50 Å². The summed E-state index contributed by atoms with van der Waals surface area (Å²) >= 11 is 0. The average Bonchev–Trinajstić information content (AvgIpc) is 2.28. The standard InChI is InChI=1S/C14H21FN2O/c1-14(18)3-5-17(6-4-14)13-8-11(10-16-2)7-12(15)9-13/h7-9,16,18H,3-6,10H2,1-2H3. The summed E-state index contributed by atoms with van der Waals surface area (Å²) in [6, 6.07) is 5.14. The molecule has 0 atom stereocenters. The molecule has 1 heterocycles. The third-order valence-corrected chi connectivity index (χ3v) is 3.53. The molecule has 0 unspecified atom stereocenters. The minimum Gasteiger partial charge on any atom is -0.390 e. The highest BCUT2D eigenvalue weighted by Crippen LogP contribution is 2.27. The third-order valence-electron chi connectivity index (χ3n) is 3.53. The highest BCUT2D eigenvalue weighted by atomic mass is 19.1. The van der Waals surface area contributed by atoms with Crippen LogP contribution in [0.5, 0.6) is 0 Å². The van der Waals surface area contributed by atoms with Gasteiger partial charge in [-0.1, -0.05) is 0 Å². The van der Waals surface area contributed by atoms with Gasteiger partial charge in [0.15, 0.2) is 0 Å². The lowest BCUT2D eigenvalue weighted by molar-refractivity contribution is 0.0351. The van der Waals surface area contributed by atoms with E-state index in [1.165, 1.54) is 0 Å². The van der Waals surface area contributed by atoms with Crippen LogP contribution in [0.3, 0.4) is 0 Å². The molecule has 0 amide bonds. The zero-order valence-corrected chi connectivity index (χ0v) is 11.0. The number of aliphatic hydroxyl groups is 1. The minimum absolute atomic E-state index is 0.199. The van der Waals surface area contributed by atoms with Crippen molar-refractivity contribution in [3.05, 3.63) is 29.6 Å². The van der Waals surface area contributed by atoms with Crippen molar-refractivity contribution in [3.8, 4) is 0 Å². The van der Waals surface area contributed by atoms with E-state index >= 15 is 0 Å². The van der Waals surface area contributed by atoms with E-state index in [0.29, 0.717) is 6.54 Å². The van der Waals surface area contributed by atoms with Gasteiger partial charge in [-0.05, 0) is 50.6 Å². The Balaban J connectivity index is 2.13. The van der Waals surface area contributed by atoms with E-state index in [0.717, 1.165) is 37.2 Å². The number of hydrogen-bond acceptors (Lipinski definition) is 3. The topological polar surface area (TPSA) is 35.5 Å². The van der Waals surface area contributed by atoms with Gasteiger partial charge in [-0.15, -0.1) is 0 Å². The van der Waals surface area contributed by atoms with Crippen LogP contribution in [0.1, 0.15) is 25.3 Å². The molecule has 0 radical (unpaired) electrons. The molecule has 2 N–H and O–H groups in total. The van der Waals surface area contributed by atoms with Gasteiger partial charge in [0.05, 0.1) is 5.60 Å². The zero-order chi connectivity index (χ0) is 13.2. The fourth-order valence-electron chi connectivity index (χ4n) is 2.37. The molecule has 18 heavy (non-hydrogen) atoms. The monoisotopic (exact) mass is 252 g/mol. The minimum atomic E-state index is -0.572. The fraction of sp³-hybridized carbons (Fsp3) is 0.571. The van der Waals surface area contributed by atoms with E-state index in [1.54, 1.807) is 12.1 Å². The van der Waals surface area contributed by atoms with Gasteiger partial charge >= 0.3 is 0 Å². The van der Waals surface area contributed by atoms with Crippen molar-refractivity contribution in [3.63, 3.8) is 0 Å². The first kappa shape index (κ1) is 13.3. The van der Waals surface area contributed by atoms with Gasteiger partial charge in [0, 0.05) is 25.3 Å². The quantitative estimate of drug-likeness (QED) is 0.862. The van der Waals surface area contributed by atoms with Gasteiger partial charge in [0.1, 0.15) is 5.82 Å². The largest absolute Gasteiger partial charge is 0.390 e. The summed E-state index contributed by atoms with van der Waals surface area (Å²) in [6.07, 6.45) is 1.45. The second-order valence-corrected chi connectivity index (χ2v) is 5.33. The molecule has 0 aliphatic carbocycles. The van der Waals surface area contributed by atoms with Crippen LogP contribution in [0.2, 0.25) is 0 Å². The molecule has 2 rings (SSSR count). The molecule has 1 aliphatic rings. The van der Waals surface area contributed by atoms with Crippen LogP contribution >= 0.6 is 0 Å². The molecule has 100 valence electrons. The van der Waals surface area contributed by atoms with Gasteiger partial charge in [-0.3, -0.25) is 0 Å². The number of anilines is 1. The summed E-state index contributed by atoms with van der Waals surface area (Å²) in [5, 5.41) is 13.0. The van der Waals surface area contributed by atoms with Gasteiger partial charge < -0.3 is 15.3 Å². The van der Waals surface area contributed by atoms with E-state index in [4.69, 9.17) is 0 Å². The molecule has 4 heteroatoms. The number of hydrogen-bond donors (Lipinski definition) is 2. The lowest BCUT2D eigenvalue weighted by atomic mass is 9.93. The van der Waals surface area contributed by atoms with Crippen LogP contribution in [0, 0.1) is 5.82 Å². The van der Waals surface area contributed by atoms with Gasteiger partial charge in [0.25, 0.3) is 0 Å². The SMILES string of the molecule is CNCc1cc(F)cc(N2CCC(C)(O)CC2)c1. The fourth-order valence-corrected chi connectivity index (χ4v) is 2.37. The molecule has 0 saturated carbocycles. The smallest absolute Gasteiger partial charge is 0.125 e. The Morgan fingerprint density at radius 3 is 2.61 bits per heavy atom. The normalized spacial score (nSPS) is 19.0. The number of piperidine rings is 1. The Kier molecular flexibility index (Phi) is 3.88. The van der Waals surface area contributed by atoms with Crippen molar-refractivity contribution in [1.82, 2.24) is 5.32 Å². The predicted molar refractivity (Wildman–Crippen MR) is 71.2 cm³/mol. The molecule has 1 aromatic rings. The Labute approximate surface area is 108 Å². The molecule has 0 aromatic heterocycles. The Morgan fingerprint density at radius 2 is 2.00 bits per heavy atom. The second-order valence-electron chi connectivity index (χ2n) is 5.33. The van der Waals surface area contributed by atoms with Crippen LogP contribution in [-0.4, -0.2) is 30.8 Å². The molecule has 1 aromatic carbocycles. The van der Waals surface area contributed by atoms with E-state index in [1.807, 2.05) is 20.0 Å². The van der Waals surface area contributed by atoms with Crippen molar-refractivity contribution in [2.24, 2.45) is 0 Å². The predicted octanol–water partition coefficient (Wildman–Crippen LogP) is 1.90. The summed E-state index contributed by atoms with van der Waals surface area (Å²) in [7, 11) is 1.85. The maximum absolute atomic E-state index is 13.6. The number of benzene rings is 1. The van der Waals surface area contributed by atoms with Gasteiger partial charge in [-0.2, -0.15) is 0 Å². The van der Waals surface area contributed by atoms with Crippen molar-refractivity contribution in [2.75, 3.05) is 25.0 Å². The molecule has 1 fully saturated rings. The molecule has 1 aliphatic heterocycles. The first-order valence-electron chi connectivity index (χ1n) is 6.41. The second kappa shape index (κ2) is 5.24. The Bertz CT molecular complexity index is 410. The number of halogens is 1. The van der Waals surface area contributed by atoms with Crippen molar-refractivity contribution >= 4 is 5.69 Å². The number of nitrogens with one attached hydrogen (secondary N) is 1. The van der Waals surface area contributed by atoms with Crippen LogP contribution in [0.15, 0.2) is 18.2 Å². The van der Waals surface area contributed by atoms with Gasteiger partial charge in [-0.25, -0.2) is 4.39 Å². The molecule has 0 spiro atoms. The van der Waals surface area contributed by atoms with Crippen LogP contribution in [0.4, 0.5) is 10.1 Å². The van der Waals surface area contributed by atoms with E-state index < -0.39 is 5.60 Å². The molecule has 0 bridgehead atoms. The maximum atomic E-state index is 13.6. The lowest BCUT2D eigenvalue weighted by Crippen LogP contribution is -2.42. The molecule has 3 nitrogen and oxygen atoms in total. The third kappa shape index (κ3) is 3.21. The number of rotatable bonds is 3. The van der Waals surface area contributed by atoms with Crippen LogP contribution in [0.25, 0.3) is 0 Å². The molecular weight excluding hydrogens is 231 g/mol. The average molecular weight is 252 g/mol. The Hall–Kier alpha value is -1.13. The highest BCUT2D eigenvalue weighted by Gasteiger charge is 2.27. The van der Waals surface area contributed by atoms with E-state index in [-0.39, 0.29) is 5.82 Å². The summed E-state index contributed by atoms with van der Waals surface area (Å²) in [5.74, 6) is -0.199. The summed E-state index contributed by atoms with van der Waals surface area (Å²) in [5.41, 5.74) is 1.29. The van der Waals surface area contributed by atoms with Crippen molar-refractivity contribution in [1.29, 1.82) is 0 Å². The maximum Gasteiger partial charge on any atom is 0.125 e. The lowest BCUT2D eigenvalue weighted by Gasteiger charge is -2.37. The first-order valence-corrected chi connectivity index (χ1v) is 6.41. The van der Waals surface area contributed by atoms with E-state index in [2.05, 4.69) is 10.2 Å².